The first-order valence-corrected chi connectivity index (χ1v) is 8.96. The van der Waals surface area contributed by atoms with Gasteiger partial charge in [-0.2, -0.15) is 0 Å². The van der Waals surface area contributed by atoms with Crippen molar-refractivity contribution in [2.75, 3.05) is 43.2 Å². The third kappa shape index (κ3) is 4.55. The lowest BCUT2D eigenvalue weighted by atomic mass is 9.91. The van der Waals surface area contributed by atoms with E-state index in [4.69, 9.17) is 5.73 Å². The number of nitrogens with zero attached hydrogens (tertiary/aromatic N) is 2. The summed E-state index contributed by atoms with van der Waals surface area (Å²) in [5.74, 6) is 0. The highest BCUT2D eigenvalue weighted by atomic mass is 32.2. The molecule has 1 aromatic rings. The maximum absolute atomic E-state index is 6.23. The normalized spacial score (nSPS) is 18.2. The van der Waals surface area contributed by atoms with E-state index in [9.17, 15) is 0 Å². The molecule has 1 aliphatic heterocycles. The van der Waals surface area contributed by atoms with Crippen molar-refractivity contribution >= 4 is 23.1 Å². The Balaban J connectivity index is 2.06. The second kappa shape index (κ2) is 7.74. The van der Waals surface area contributed by atoms with Crippen LogP contribution in [0.5, 0.6) is 0 Å². The Bertz CT molecular complexity index is 505. The number of aromatic nitrogens is 1. The summed E-state index contributed by atoms with van der Waals surface area (Å²) in [6.07, 6.45) is 7.85. The molecule has 6 heteroatoms. The Morgan fingerprint density at radius 3 is 2.86 bits per heavy atom. The number of hydrogen-bond donors (Lipinski definition) is 3. The monoisotopic (exact) mass is 321 g/mol. The van der Waals surface area contributed by atoms with Crippen molar-refractivity contribution in [1.82, 2.24) is 10.3 Å². The van der Waals surface area contributed by atoms with E-state index in [1.54, 1.807) is 11.8 Å². The average Bonchev–Trinajstić information content (AvgIpc) is 2.52. The zero-order valence-electron chi connectivity index (χ0n) is 13.7. The minimum absolute atomic E-state index is 0.0302. The molecule has 1 aromatic heterocycles. The molecule has 4 N–H and O–H groups in total. The summed E-state index contributed by atoms with van der Waals surface area (Å²) in [5.41, 5.74) is 9.65. The van der Waals surface area contributed by atoms with E-state index in [2.05, 4.69) is 45.2 Å². The van der Waals surface area contributed by atoms with Gasteiger partial charge in [0.25, 0.3) is 0 Å². The van der Waals surface area contributed by atoms with Crippen LogP contribution in [0, 0.1) is 0 Å². The zero-order chi connectivity index (χ0) is 16.0. The summed E-state index contributed by atoms with van der Waals surface area (Å²) in [5, 5.41) is 8.81. The van der Waals surface area contributed by atoms with E-state index in [0.29, 0.717) is 0 Å². The maximum atomic E-state index is 6.23. The summed E-state index contributed by atoms with van der Waals surface area (Å²) in [6, 6.07) is 2.08. The van der Waals surface area contributed by atoms with E-state index in [-0.39, 0.29) is 5.54 Å². The van der Waals surface area contributed by atoms with Gasteiger partial charge in [0.2, 0.25) is 0 Å². The Labute approximate surface area is 137 Å². The van der Waals surface area contributed by atoms with Gasteiger partial charge < -0.3 is 21.3 Å². The van der Waals surface area contributed by atoms with Crippen molar-refractivity contribution in [2.45, 2.75) is 25.3 Å². The van der Waals surface area contributed by atoms with Crippen LogP contribution in [0.15, 0.2) is 29.6 Å². The number of likely N-dealkylation sites (N-methyl/N-ethyl adjacent to an activating group) is 1. The van der Waals surface area contributed by atoms with Crippen LogP contribution in [0.2, 0.25) is 0 Å². The first kappa shape index (κ1) is 17.0. The topological polar surface area (TPSA) is 66.2 Å². The molecule has 1 fully saturated rings. The van der Waals surface area contributed by atoms with Crippen molar-refractivity contribution in [3.05, 3.63) is 29.6 Å². The highest BCUT2D eigenvalue weighted by molar-refractivity contribution is 8.01. The molecule has 2 rings (SSSR count). The predicted molar refractivity (Wildman–Crippen MR) is 97.4 cm³/mol. The molecule has 0 amide bonds. The highest BCUT2D eigenvalue weighted by Gasteiger charge is 2.26. The summed E-state index contributed by atoms with van der Waals surface area (Å²) < 4.78 is 0. The number of thioether (sulfide) groups is 1. The minimum Gasteiger partial charge on any atom is -0.390 e. The van der Waals surface area contributed by atoms with Crippen LogP contribution in [-0.2, 0) is 0 Å². The summed E-state index contributed by atoms with van der Waals surface area (Å²) >= 11 is 1.70. The standard InChI is InChI=1S/C16H27N5S/c1-16(17)5-8-21(9-6-16)15-4-7-19-11-14(15)20-10-13(18-2)12-22-3/h4,7,11-12,18,20H,5-6,8-10,17H2,1-3H3/b13-12-. The van der Waals surface area contributed by atoms with Crippen LogP contribution in [0.3, 0.4) is 0 Å². The predicted octanol–water partition coefficient (Wildman–Crippen LogP) is 2.23. The summed E-state index contributed by atoms with van der Waals surface area (Å²) in [7, 11) is 1.95. The van der Waals surface area contributed by atoms with Gasteiger partial charge in [0.05, 0.1) is 24.1 Å². The van der Waals surface area contributed by atoms with Gasteiger partial charge in [-0.3, -0.25) is 4.98 Å². The lowest BCUT2D eigenvalue weighted by Crippen LogP contribution is -2.48. The molecule has 0 saturated carbocycles. The van der Waals surface area contributed by atoms with Crippen LogP contribution in [-0.4, -0.2) is 43.5 Å². The van der Waals surface area contributed by atoms with Crippen molar-refractivity contribution in [3.63, 3.8) is 0 Å². The van der Waals surface area contributed by atoms with Crippen molar-refractivity contribution in [1.29, 1.82) is 0 Å². The molecular weight excluding hydrogens is 294 g/mol. The Morgan fingerprint density at radius 2 is 2.23 bits per heavy atom. The molecule has 0 aromatic carbocycles. The third-order valence-electron chi connectivity index (χ3n) is 4.09. The number of nitrogens with one attached hydrogen (secondary N) is 2. The van der Waals surface area contributed by atoms with Gasteiger partial charge in [-0.05, 0) is 37.5 Å². The van der Waals surface area contributed by atoms with E-state index in [0.717, 1.165) is 43.9 Å². The number of pyridine rings is 1. The molecule has 1 saturated heterocycles. The van der Waals surface area contributed by atoms with Crippen LogP contribution >= 0.6 is 11.8 Å². The number of piperidine rings is 1. The second-order valence-corrected chi connectivity index (χ2v) is 6.72. The number of anilines is 2. The van der Waals surface area contributed by atoms with Gasteiger partial charge in [0.1, 0.15) is 0 Å². The van der Waals surface area contributed by atoms with Crippen molar-refractivity contribution in [2.24, 2.45) is 5.73 Å². The van der Waals surface area contributed by atoms with Gasteiger partial charge in [-0.25, -0.2) is 0 Å². The average molecular weight is 321 g/mol. The lowest BCUT2D eigenvalue weighted by Gasteiger charge is -2.38. The van der Waals surface area contributed by atoms with Crippen LogP contribution in [0.4, 0.5) is 11.4 Å². The SMILES string of the molecule is CN/C(=C\SC)CNc1cnccc1N1CCC(C)(N)CC1. The molecule has 2 heterocycles. The van der Waals surface area contributed by atoms with Crippen LogP contribution < -0.4 is 21.3 Å². The minimum atomic E-state index is -0.0302. The van der Waals surface area contributed by atoms with Gasteiger partial charge in [-0.1, -0.05) is 0 Å². The van der Waals surface area contributed by atoms with Gasteiger partial charge in [0, 0.05) is 37.6 Å². The quantitative estimate of drug-likeness (QED) is 0.747. The first-order chi connectivity index (χ1) is 10.6. The molecule has 5 nitrogen and oxygen atoms in total. The number of nitrogens with two attached hydrogens (primary N) is 1. The molecule has 22 heavy (non-hydrogen) atoms. The Kier molecular flexibility index (Phi) is 5.97. The van der Waals surface area contributed by atoms with E-state index >= 15 is 0 Å². The lowest BCUT2D eigenvalue weighted by molar-refractivity contribution is 0.364. The molecule has 1 aliphatic rings. The smallest absolute Gasteiger partial charge is 0.0767 e. The van der Waals surface area contributed by atoms with E-state index < -0.39 is 0 Å². The molecule has 0 radical (unpaired) electrons. The molecule has 0 unspecified atom stereocenters. The second-order valence-electron chi connectivity index (χ2n) is 6.02. The van der Waals surface area contributed by atoms with Crippen molar-refractivity contribution < 1.29 is 0 Å². The molecule has 0 spiro atoms. The molecule has 0 aliphatic carbocycles. The van der Waals surface area contributed by atoms with Crippen LogP contribution in [0.25, 0.3) is 0 Å². The molecule has 0 bridgehead atoms. The van der Waals surface area contributed by atoms with E-state index in [1.165, 1.54) is 5.69 Å². The van der Waals surface area contributed by atoms with Gasteiger partial charge >= 0.3 is 0 Å². The first-order valence-electron chi connectivity index (χ1n) is 7.67. The number of rotatable bonds is 6. The third-order valence-corrected chi connectivity index (χ3v) is 4.62. The molecule has 122 valence electrons. The summed E-state index contributed by atoms with van der Waals surface area (Å²) in [6.45, 7) is 4.89. The van der Waals surface area contributed by atoms with Gasteiger partial charge in [-0.15, -0.1) is 11.8 Å². The maximum Gasteiger partial charge on any atom is 0.0767 e. The fourth-order valence-electron chi connectivity index (χ4n) is 2.58. The van der Waals surface area contributed by atoms with Gasteiger partial charge in [0.15, 0.2) is 0 Å². The Morgan fingerprint density at radius 1 is 1.50 bits per heavy atom. The largest absolute Gasteiger partial charge is 0.390 e. The highest BCUT2D eigenvalue weighted by Crippen LogP contribution is 2.29. The fraction of sp³-hybridized carbons (Fsp3) is 0.562. The summed E-state index contributed by atoms with van der Waals surface area (Å²) in [4.78, 5) is 6.66. The molecule has 0 atom stereocenters. The zero-order valence-corrected chi connectivity index (χ0v) is 14.5. The Hall–Kier alpha value is -1.40. The number of hydrogen-bond acceptors (Lipinski definition) is 6. The van der Waals surface area contributed by atoms with Crippen LogP contribution in [0.1, 0.15) is 19.8 Å². The van der Waals surface area contributed by atoms with E-state index in [1.807, 2.05) is 19.4 Å². The molecular formula is C16H27N5S. The fourth-order valence-corrected chi connectivity index (χ4v) is 3.06. The van der Waals surface area contributed by atoms with Crippen molar-refractivity contribution in [3.8, 4) is 0 Å².